The van der Waals surface area contributed by atoms with E-state index in [0.29, 0.717) is 6.61 Å². The summed E-state index contributed by atoms with van der Waals surface area (Å²) < 4.78 is 15.1. The van der Waals surface area contributed by atoms with Crippen molar-refractivity contribution in [3.05, 3.63) is 23.5 Å². The van der Waals surface area contributed by atoms with Crippen molar-refractivity contribution < 1.29 is 28.6 Å². The fourth-order valence-electron chi connectivity index (χ4n) is 2.28. The first-order valence-electron chi connectivity index (χ1n) is 9.18. The van der Waals surface area contributed by atoms with Gasteiger partial charge in [0.15, 0.2) is 11.4 Å². The van der Waals surface area contributed by atoms with Crippen LogP contribution < -0.4 is 10.1 Å². The maximum Gasteiger partial charge on any atom is 0.339 e. The molecule has 0 fully saturated rings. The second-order valence-electron chi connectivity index (χ2n) is 5.81. The Morgan fingerprint density at radius 2 is 1.81 bits per heavy atom. The molecule has 1 aromatic rings. The van der Waals surface area contributed by atoms with E-state index in [9.17, 15) is 14.4 Å². The lowest BCUT2D eigenvalue weighted by molar-refractivity contribution is -0.141. The number of unbranched alkanes of at least 4 members (excludes halogenated alkanes) is 4. The molecule has 8 heteroatoms. The van der Waals surface area contributed by atoms with Gasteiger partial charge in [0.1, 0.15) is 6.54 Å². The zero-order chi connectivity index (χ0) is 20.1. The number of pyridine rings is 1. The highest BCUT2D eigenvalue weighted by molar-refractivity contribution is 5.98. The van der Waals surface area contributed by atoms with Gasteiger partial charge in [0.25, 0.3) is 5.91 Å². The Hall–Kier alpha value is -2.64. The molecule has 0 aliphatic heterocycles. The molecule has 0 unspecified atom stereocenters. The van der Waals surface area contributed by atoms with Gasteiger partial charge in [-0.05, 0) is 19.4 Å². The summed E-state index contributed by atoms with van der Waals surface area (Å²) in [7, 11) is 1.36. The van der Waals surface area contributed by atoms with E-state index in [-0.39, 0.29) is 30.2 Å². The minimum absolute atomic E-state index is 0.0297. The lowest BCUT2D eigenvalue weighted by atomic mass is 10.2. The van der Waals surface area contributed by atoms with Crippen molar-refractivity contribution in [2.45, 2.75) is 46.0 Å². The molecule has 150 valence electrons. The third-order valence-corrected chi connectivity index (χ3v) is 3.70. The maximum absolute atomic E-state index is 12.1. The lowest BCUT2D eigenvalue weighted by Gasteiger charge is -2.10. The number of carbonyl (C=O) groups is 3. The molecule has 0 saturated carbocycles. The fourth-order valence-corrected chi connectivity index (χ4v) is 2.28. The quantitative estimate of drug-likeness (QED) is 0.439. The van der Waals surface area contributed by atoms with Crippen molar-refractivity contribution in [1.29, 1.82) is 0 Å². The molecule has 0 saturated heterocycles. The number of rotatable bonds is 12. The monoisotopic (exact) mass is 380 g/mol. The van der Waals surface area contributed by atoms with Crippen LogP contribution in [-0.4, -0.2) is 49.7 Å². The molecule has 1 rings (SSSR count). The van der Waals surface area contributed by atoms with Crippen molar-refractivity contribution in [1.82, 2.24) is 10.3 Å². The summed E-state index contributed by atoms with van der Waals surface area (Å²) in [5, 5.41) is 2.39. The van der Waals surface area contributed by atoms with Crippen LogP contribution in [0.3, 0.4) is 0 Å². The third-order valence-electron chi connectivity index (χ3n) is 3.70. The highest BCUT2D eigenvalue weighted by Crippen LogP contribution is 2.18. The van der Waals surface area contributed by atoms with Crippen molar-refractivity contribution in [2.24, 2.45) is 0 Å². The number of nitrogens with zero attached hydrogens (tertiary/aromatic N) is 1. The van der Waals surface area contributed by atoms with Crippen LogP contribution in [0.2, 0.25) is 0 Å². The summed E-state index contributed by atoms with van der Waals surface area (Å²) in [4.78, 5) is 39.5. The molecular formula is C19H28N2O6. The Bertz CT molecular complexity index is 633. The van der Waals surface area contributed by atoms with E-state index in [4.69, 9.17) is 14.2 Å². The molecule has 1 N–H and O–H groups in total. The molecule has 0 radical (unpaired) electrons. The molecule has 1 aromatic heterocycles. The number of methoxy groups -OCH3 is 1. The molecule has 0 bridgehead atoms. The van der Waals surface area contributed by atoms with Crippen molar-refractivity contribution in [3.63, 3.8) is 0 Å². The van der Waals surface area contributed by atoms with E-state index in [0.717, 1.165) is 25.7 Å². The van der Waals surface area contributed by atoms with Crippen LogP contribution in [0, 0.1) is 0 Å². The number of amides is 1. The van der Waals surface area contributed by atoms with Crippen LogP contribution in [-0.2, 0) is 14.3 Å². The number of hydrogen-bond donors (Lipinski definition) is 1. The summed E-state index contributed by atoms with van der Waals surface area (Å²) in [5.41, 5.74) is 0.167. The first-order chi connectivity index (χ1) is 13.0. The summed E-state index contributed by atoms with van der Waals surface area (Å²) in [6.45, 7) is 4.10. The van der Waals surface area contributed by atoms with E-state index in [1.165, 1.54) is 25.8 Å². The number of hydrogen-bond acceptors (Lipinski definition) is 7. The Morgan fingerprint density at radius 1 is 1.07 bits per heavy atom. The Labute approximate surface area is 159 Å². The topological polar surface area (TPSA) is 104 Å². The minimum Gasteiger partial charge on any atom is -0.494 e. The molecule has 0 aromatic carbocycles. The van der Waals surface area contributed by atoms with E-state index in [1.54, 1.807) is 6.92 Å². The number of esters is 2. The maximum atomic E-state index is 12.1. The van der Waals surface area contributed by atoms with Gasteiger partial charge in [-0.3, -0.25) is 9.59 Å². The smallest absolute Gasteiger partial charge is 0.339 e. The van der Waals surface area contributed by atoms with Gasteiger partial charge in [0, 0.05) is 6.20 Å². The SMILES string of the molecule is CCCCCCCOC(=O)c1cnc(C(=O)NCC(=O)OCC)c(OC)c1. The van der Waals surface area contributed by atoms with Crippen molar-refractivity contribution in [2.75, 3.05) is 26.9 Å². The number of aromatic nitrogens is 1. The van der Waals surface area contributed by atoms with Crippen LogP contribution in [0.1, 0.15) is 66.8 Å². The van der Waals surface area contributed by atoms with Crippen molar-refractivity contribution >= 4 is 17.8 Å². The summed E-state index contributed by atoms with van der Waals surface area (Å²) in [6.07, 6.45) is 6.53. The zero-order valence-electron chi connectivity index (χ0n) is 16.2. The number of nitrogens with one attached hydrogen (secondary N) is 1. The molecule has 0 aliphatic carbocycles. The Balaban J connectivity index is 2.61. The van der Waals surface area contributed by atoms with E-state index in [1.807, 2.05) is 0 Å². The van der Waals surface area contributed by atoms with E-state index in [2.05, 4.69) is 17.2 Å². The number of carbonyl (C=O) groups excluding carboxylic acids is 3. The van der Waals surface area contributed by atoms with Gasteiger partial charge in [-0.2, -0.15) is 0 Å². The highest BCUT2D eigenvalue weighted by atomic mass is 16.5. The van der Waals surface area contributed by atoms with Gasteiger partial charge < -0.3 is 19.5 Å². The average Bonchev–Trinajstić information content (AvgIpc) is 2.68. The zero-order valence-corrected chi connectivity index (χ0v) is 16.2. The largest absolute Gasteiger partial charge is 0.494 e. The van der Waals surface area contributed by atoms with Crippen molar-refractivity contribution in [3.8, 4) is 5.75 Å². The summed E-state index contributed by atoms with van der Waals surface area (Å²) >= 11 is 0. The molecule has 27 heavy (non-hydrogen) atoms. The standard InChI is InChI=1S/C19H28N2O6/c1-4-6-7-8-9-10-27-19(24)14-11-15(25-3)17(20-12-14)18(23)21-13-16(22)26-5-2/h11-12H,4-10,13H2,1-3H3,(H,21,23). The predicted molar refractivity (Wildman–Crippen MR) is 98.8 cm³/mol. The molecule has 0 aliphatic rings. The van der Waals surface area contributed by atoms with Crippen LogP contribution in [0.5, 0.6) is 5.75 Å². The van der Waals surface area contributed by atoms with Gasteiger partial charge >= 0.3 is 11.9 Å². The number of ether oxygens (including phenoxy) is 3. The lowest BCUT2D eigenvalue weighted by Crippen LogP contribution is -2.31. The summed E-state index contributed by atoms with van der Waals surface area (Å²) in [6, 6.07) is 1.39. The van der Waals surface area contributed by atoms with E-state index >= 15 is 0 Å². The summed E-state index contributed by atoms with van der Waals surface area (Å²) in [5.74, 6) is -1.55. The Kier molecular flexibility index (Phi) is 10.5. The molecule has 0 spiro atoms. The van der Waals surface area contributed by atoms with Gasteiger partial charge in [0.05, 0.1) is 25.9 Å². The molecule has 8 nitrogen and oxygen atoms in total. The van der Waals surface area contributed by atoms with E-state index < -0.39 is 17.8 Å². The second-order valence-corrected chi connectivity index (χ2v) is 5.81. The fraction of sp³-hybridized carbons (Fsp3) is 0.579. The third kappa shape index (κ3) is 8.06. The second kappa shape index (κ2) is 12.7. The Morgan fingerprint density at radius 3 is 2.48 bits per heavy atom. The molecule has 1 heterocycles. The average molecular weight is 380 g/mol. The first-order valence-corrected chi connectivity index (χ1v) is 9.18. The molecular weight excluding hydrogens is 352 g/mol. The van der Waals surface area contributed by atoms with Gasteiger partial charge in [-0.25, -0.2) is 9.78 Å². The van der Waals surface area contributed by atoms with Crippen LogP contribution in [0.25, 0.3) is 0 Å². The van der Waals surface area contributed by atoms with Gasteiger partial charge in [-0.15, -0.1) is 0 Å². The predicted octanol–water partition coefficient (Wildman–Crippen LogP) is 2.51. The van der Waals surface area contributed by atoms with Gasteiger partial charge in [0.2, 0.25) is 0 Å². The first kappa shape index (κ1) is 22.4. The van der Waals surface area contributed by atoms with Gasteiger partial charge in [-0.1, -0.05) is 32.6 Å². The molecule has 0 atom stereocenters. The molecule has 1 amide bonds. The van der Waals surface area contributed by atoms with Crippen LogP contribution in [0.4, 0.5) is 0 Å². The normalized spacial score (nSPS) is 10.2. The van der Waals surface area contributed by atoms with Crippen LogP contribution >= 0.6 is 0 Å². The highest BCUT2D eigenvalue weighted by Gasteiger charge is 2.18. The van der Waals surface area contributed by atoms with Crippen LogP contribution in [0.15, 0.2) is 12.3 Å². The minimum atomic E-state index is -0.601.